The van der Waals surface area contributed by atoms with Gasteiger partial charge in [0.2, 0.25) is 0 Å². The van der Waals surface area contributed by atoms with Crippen molar-refractivity contribution in [2.45, 2.75) is 12.8 Å². The summed E-state index contributed by atoms with van der Waals surface area (Å²) in [6.07, 6.45) is 2.10. The Labute approximate surface area is 88.5 Å². The van der Waals surface area contributed by atoms with Crippen molar-refractivity contribution < 1.29 is 14.3 Å². The Morgan fingerprint density at radius 1 is 1.53 bits per heavy atom. The van der Waals surface area contributed by atoms with Crippen molar-refractivity contribution >= 4 is 11.9 Å². The number of ether oxygens (including phenoxy) is 1. The first-order chi connectivity index (χ1) is 7.18. The standard InChI is InChI=1S/C9H17N3O3/c10-9(14)12-8(13)6-15-4-2-7-1-3-11-5-7/h7,11H,1-6H2,(H3,10,12,13,14). The highest BCUT2D eigenvalue weighted by Gasteiger charge is 2.14. The van der Waals surface area contributed by atoms with Crippen molar-refractivity contribution in [1.29, 1.82) is 0 Å². The summed E-state index contributed by atoms with van der Waals surface area (Å²) >= 11 is 0. The van der Waals surface area contributed by atoms with E-state index in [1.54, 1.807) is 0 Å². The topological polar surface area (TPSA) is 93.5 Å². The molecule has 0 aliphatic carbocycles. The lowest BCUT2D eigenvalue weighted by molar-refractivity contribution is -0.124. The number of carbonyl (C=O) groups is 2. The van der Waals surface area contributed by atoms with Crippen molar-refractivity contribution in [2.75, 3.05) is 26.3 Å². The molecule has 1 atom stereocenters. The third-order valence-electron chi connectivity index (χ3n) is 2.33. The molecule has 86 valence electrons. The normalized spacial score (nSPS) is 20.1. The van der Waals surface area contributed by atoms with Crippen LogP contribution in [0.1, 0.15) is 12.8 Å². The number of urea groups is 1. The Kier molecular flexibility index (Phi) is 5.06. The Balaban J connectivity index is 1.96. The third kappa shape index (κ3) is 5.34. The smallest absolute Gasteiger partial charge is 0.318 e. The molecule has 1 rings (SSSR count). The van der Waals surface area contributed by atoms with Crippen molar-refractivity contribution in [3.05, 3.63) is 0 Å². The molecule has 15 heavy (non-hydrogen) atoms. The molecule has 1 saturated heterocycles. The molecule has 0 aromatic carbocycles. The summed E-state index contributed by atoms with van der Waals surface area (Å²) in [5.41, 5.74) is 4.76. The lowest BCUT2D eigenvalue weighted by Gasteiger charge is -2.08. The molecule has 0 saturated carbocycles. The number of hydrogen-bond donors (Lipinski definition) is 3. The number of hydrogen-bond acceptors (Lipinski definition) is 4. The molecule has 0 bridgehead atoms. The zero-order valence-corrected chi connectivity index (χ0v) is 8.62. The SMILES string of the molecule is NC(=O)NC(=O)COCCC1CCNC1. The average Bonchev–Trinajstić information content (AvgIpc) is 2.63. The van der Waals surface area contributed by atoms with Crippen LogP contribution < -0.4 is 16.4 Å². The van der Waals surface area contributed by atoms with Crippen LogP contribution in [0.5, 0.6) is 0 Å². The zero-order chi connectivity index (χ0) is 11.1. The van der Waals surface area contributed by atoms with Crippen molar-refractivity contribution in [2.24, 2.45) is 11.7 Å². The minimum atomic E-state index is -0.844. The summed E-state index contributed by atoms with van der Waals surface area (Å²) in [5, 5.41) is 5.19. The lowest BCUT2D eigenvalue weighted by Crippen LogP contribution is -2.37. The summed E-state index contributed by atoms with van der Waals surface area (Å²) in [6.45, 7) is 2.52. The fraction of sp³-hybridized carbons (Fsp3) is 0.778. The molecule has 6 heteroatoms. The van der Waals surface area contributed by atoms with E-state index in [0.29, 0.717) is 12.5 Å². The van der Waals surface area contributed by atoms with E-state index >= 15 is 0 Å². The van der Waals surface area contributed by atoms with Gasteiger partial charge in [-0.15, -0.1) is 0 Å². The first kappa shape index (κ1) is 11.9. The first-order valence-electron chi connectivity index (χ1n) is 5.06. The summed E-state index contributed by atoms with van der Waals surface area (Å²) in [7, 11) is 0. The number of rotatable bonds is 5. The van der Waals surface area contributed by atoms with E-state index in [1.807, 2.05) is 5.32 Å². The number of amides is 3. The van der Waals surface area contributed by atoms with Gasteiger partial charge in [-0.1, -0.05) is 0 Å². The molecular formula is C9H17N3O3. The second kappa shape index (κ2) is 6.36. The van der Waals surface area contributed by atoms with Gasteiger partial charge in [0.25, 0.3) is 5.91 Å². The van der Waals surface area contributed by atoms with Gasteiger partial charge < -0.3 is 15.8 Å². The molecule has 6 nitrogen and oxygen atoms in total. The van der Waals surface area contributed by atoms with Crippen LogP contribution in [-0.2, 0) is 9.53 Å². The molecule has 0 aromatic heterocycles. The summed E-state index contributed by atoms with van der Waals surface area (Å²) in [5.74, 6) is 0.149. The van der Waals surface area contributed by atoms with Gasteiger partial charge in [-0.05, 0) is 31.8 Å². The van der Waals surface area contributed by atoms with Crippen LogP contribution in [0, 0.1) is 5.92 Å². The molecular weight excluding hydrogens is 198 g/mol. The molecule has 0 aromatic rings. The second-order valence-electron chi connectivity index (χ2n) is 3.61. The molecule has 3 amide bonds. The monoisotopic (exact) mass is 215 g/mol. The maximum absolute atomic E-state index is 10.9. The predicted octanol–water partition coefficient (Wildman–Crippen LogP) is -0.802. The molecule has 1 aliphatic heterocycles. The van der Waals surface area contributed by atoms with Crippen molar-refractivity contribution in [3.8, 4) is 0 Å². The number of imide groups is 1. The minimum Gasteiger partial charge on any atom is -0.372 e. The van der Waals surface area contributed by atoms with E-state index in [0.717, 1.165) is 25.9 Å². The van der Waals surface area contributed by atoms with Gasteiger partial charge in [-0.25, -0.2) is 4.79 Å². The van der Waals surface area contributed by atoms with Gasteiger partial charge in [0.05, 0.1) is 0 Å². The van der Waals surface area contributed by atoms with E-state index < -0.39 is 11.9 Å². The van der Waals surface area contributed by atoms with E-state index in [4.69, 9.17) is 10.5 Å². The highest BCUT2D eigenvalue weighted by Crippen LogP contribution is 2.11. The number of carbonyl (C=O) groups excluding carboxylic acids is 2. The molecule has 0 spiro atoms. The number of primary amides is 1. The van der Waals surface area contributed by atoms with Gasteiger partial charge in [0, 0.05) is 6.61 Å². The van der Waals surface area contributed by atoms with Gasteiger partial charge in [-0.3, -0.25) is 10.1 Å². The average molecular weight is 215 g/mol. The molecule has 0 radical (unpaired) electrons. The van der Waals surface area contributed by atoms with Gasteiger partial charge in [-0.2, -0.15) is 0 Å². The minimum absolute atomic E-state index is 0.108. The zero-order valence-electron chi connectivity index (χ0n) is 8.62. The van der Waals surface area contributed by atoms with Crippen LogP contribution in [0.4, 0.5) is 4.79 Å². The van der Waals surface area contributed by atoms with Crippen LogP contribution in [-0.4, -0.2) is 38.2 Å². The lowest BCUT2D eigenvalue weighted by atomic mass is 10.1. The Morgan fingerprint density at radius 2 is 2.33 bits per heavy atom. The quantitative estimate of drug-likeness (QED) is 0.523. The maximum Gasteiger partial charge on any atom is 0.318 e. The van der Waals surface area contributed by atoms with Crippen molar-refractivity contribution in [1.82, 2.24) is 10.6 Å². The third-order valence-corrected chi connectivity index (χ3v) is 2.33. The van der Waals surface area contributed by atoms with Gasteiger partial charge >= 0.3 is 6.03 Å². The van der Waals surface area contributed by atoms with Crippen LogP contribution in [0.25, 0.3) is 0 Å². The first-order valence-corrected chi connectivity index (χ1v) is 5.06. The van der Waals surface area contributed by atoms with E-state index in [9.17, 15) is 9.59 Å². The van der Waals surface area contributed by atoms with Crippen LogP contribution >= 0.6 is 0 Å². The van der Waals surface area contributed by atoms with E-state index in [-0.39, 0.29) is 6.61 Å². The van der Waals surface area contributed by atoms with Crippen LogP contribution in [0.15, 0.2) is 0 Å². The van der Waals surface area contributed by atoms with Gasteiger partial charge in [0.15, 0.2) is 0 Å². The Hall–Kier alpha value is -1.14. The predicted molar refractivity (Wildman–Crippen MR) is 54.1 cm³/mol. The highest BCUT2D eigenvalue weighted by molar-refractivity contribution is 5.94. The molecule has 1 heterocycles. The second-order valence-corrected chi connectivity index (χ2v) is 3.61. The summed E-state index contributed by atoms with van der Waals surface area (Å²) < 4.78 is 5.11. The van der Waals surface area contributed by atoms with Crippen molar-refractivity contribution in [3.63, 3.8) is 0 Å². The van der Waals surface area contributed by atoms with Crippen LogP contribution in [0.2, 0.25) is 0 Å². The van der Waals surface area contributed by atoms with Crippen LogP contribution in [0.3, 0.4) is 0 Å². The van der Waals surface area contributed by atoms with E-state index in [2.05, 4.69) is 5.32 Å². The van der Waals surface area contributed by atoms with E-state index in [1.165, 1.54) is 0 Å². The summed E-state index contributed by atoms with van der Waals surface area (Å²) in [6, 6.07) is -0.844. The molecule has 1 aliphatic rings. The fourth-order valence-corrected chi connectivity index (χ4v) is 1.55. The fourth-order valence-electron chi connectivity index (χ4n) is 1.55. The molecule has 1 fully saturated rings. The number of nitrogens with two attached hydrogens (primary N) is 1. The Bertz CT molecular complexity index is 227. The van der Waals surface area contributed by atoms with Gasteiger partial charge in [0.1, 0.15) is 6.61 Å². The maximum atomic E-state index is 10.9. The molecule has 4 N–H and O–H groups in total. The number of nitrogens with one attached hydrogen (secondary N) is 2. The molecule has 1 unspecified atom stereocenters. The summed E-state index contributed by atoms with van der Waals surface area (Å²) in [4.78, 5) is 21.2. The highest BCUT2D eigenvalue weighted by atomic mass is 16.5. The Morgan fingerprint density at radius 3 is 2.93 bits per heavy atom. The largest absolute Gasteiger partial charge is 0.372 e.